The summed E-state index contributed by atoms with van der Waals surface area (Å²) in [7, 11) is 0. The maximum Gasteiger partial charge on any atom is 0.184 e. The van der Waals surface area contributed by atoms with Crippen molar-refractivity contribution in [3.63, 3.8) is 0 Å². The summed E-state index contributed by atoms with van der Waals surface area (Å²) in [6.07, 6.45) is 5.15. The standard InChI is InChI=1S/C14H16ClN5/c15-10-3-4-12(16)11(7-10)14-17-18-19-20(14)13-6-8-1-2-9(13)5-8/h3-4,7-9,13H,1-2,5-6,16H2. The third kappa shape index (κ3) is 1.80. The van der Waals surface area contributed by atoms with E-state index in [-0.39, 0.29) is 0 Å². The number of rotatable bonds is 2. The van der Waals surface area contributed by atoms with Crippen LogP contribution in [0.15, 0.2) is 18.2 Å². The molecule has 2 aromatic rings. The molecular formula is C14H16ClN5. The maximum absolute atomic E-state index is 6.08. The van der Waals surface area contributed by atoms with Crippen molar-refractivity contribution in [2.45, 2.75) is 31.7 Å². The van der Waals surface area contributed by atoms with Gasteiger partial charge in [0.2, 0.25) is 0 Å². The minimum absolute atomic E-state index is 0.414. The lowest BCUT2D eigenvalue weighted by atomic mass is 9.95. The molecule has 0 spiro atoms. The summed E-state index contributed by atoms with van der Waals surface area (Å²) in [5.74, 6) is 2.30. The zero-order chi connectivity index (χ0) is 13.7. The van der Waals surface area contributed by atoms with Crippen LogP contribution in [0.2, 0.25) is 5.02 Å². The highest BCUT2D eigenvalue weighted by atomic mass is 35.5. The van der Waals surface area contributed by atoms with Gasteiger partial charge in [-0.25, -0.2) is 4.68 Å². The number of aromatic nitrogens is 4. The molecule has 104 valence electrons. The molecule has 5 nitrogen and oxygen atoms in total. The zero-order valence-electron chi connectivity index (χ0n) is 11.0. The molecule has 4 rings (SSSR count). The van der Waals surface area contributed by atoms with Crippen molar-refractivity contribution in [3.05, 3.63) is 23.2 Å². The lowest BCUT2D eigenvalue weighted by Gasteiger charge is -2.22. The Balaban J connectivity index is 1.77. The molecule has 3 unspecified atom stereocenters. The van der Waals surface area contributed by atoms with Crippen LogP contribution in [0.1, 0.15) is 31.7 Å². The van der Waals surface area contributed by atoms with E-state index in [1.54, 1.807) is 12.1 Å². The Bertz CT molecular complexity index is 653. The van der Waals surface area contributed by atoms with E-state index in [1.807, 2.05) is 10.7 Å². The number of nitrogens with zero attached hydrogens (tertiary/aromatic N) is 4. The van der Waals surface area contributed by atoms with Crippen molar-refractivity contribution < 1.29 is 0 Å². The highest BCUT2D eigenvalue weighted by molar-refractivity contribution is 6.31. The summed E-state index contributed by atoms with van der Waals surface area (Å²) in [5.41, 5.74) is 7.54. The SMILES string of the molecule is Nc1ccc(Cl)cc1-c1nnnn1C1CC2CCC1C2. The topological polar surface area (TPSA) is 69.6 Å². The first-order valence-electron chi connectivity index (χ1n) is 7.05. The van der Waals surface area contributed by atoms with E-state index in [2.05, 4.69) is 15.5 Å². The van der Waals surface area contributed by atoms with Crippen LogP contribution in [0.5, 0.6) is 0 Å². The van der Waals surface area contributed by atoms with Gasteiger partial charge in [0.05, 0.1) is 6.04 Å². The van der Waals surface area contributed by atoms with Crippen molar-refractivity contribution in [2.75, 3.05) is 5.73 Å². The largest absolute Gasteiger partial charge is 0.398 e. The van der Waals surface area contributed by atoms with Gasteiger partial charge in [0.15, 0.2) is 5.82 Å². The van der Waals surface area contributed by atoms with Crippen molar-refractivity contribution in [1.29, 1.82) is 0 Å². The van der Waals surface area contributed by atoms with E-state index in [1.165, 1.54) is 25.7 Å². The smallest absolute Gasteiger partial charge is 0.184 e. The Morgan fingerprint density at radius 2 is 2.15 bits per heavy atom. The molecule has 0 amide bonds. The van der Waals surface area contributed by atoms with Gasteiger partial charge in [-0.2, -0.15) is 0 Å². The predicted octanol–water partition coefficient (Wildman–Crippen LogP) is 2.94. The number of hydrogen-bond acceptors (Lipinski definition) is 4. The van der Waals surface area contributed by atoms with Gasteiger partial charge in [-0.1, -0.05) is 18.0 Å². The summed E-state index contributed by atoms with van der Waals surface area (Å²) in [5, 5.41) is 12.9. The molecule has 2 fully saturated rings. The molecule has 3 atom stereocenters. The summed E-state index contributed by atoms with van der Waals surface area (Å²) in [4.78, 5) is 0. The first kappa shape index (κ1) is 12.1. The second-order valence-corrected chi connectivity index (χ2v) is 6.36. The van der Waals surface area contributed by atoms with Crippen LogP contribution in [0.25, 0.3) is 11.4 Å². The zero-order valence-corrected chi connectivity index (χ0v) is 11.8. The van der Waals surface area contributed by atoms with E-state index in [0.29, 0.717) is 22.7 Å². The number of halogens is 1. The maximum atomic E-state index is 6.08. The molecule has 2 aliphatic rings. The van der Waals surface area contributed by atoms with Gasteiger partial charge in [0, 0.05) is 16.3 Å². The highest BCUT2D eigenvalue weighted by Crippen LogP contribution is 2.51. The Labute approximate surface area is 122 Å². The van der Waals surface area contributed by atoms with E-state index in [9.17, 15) is 0 Å². The summed E-state index contributed by atoms with van der Waals surface area (Å²) in [6, 6.07) is 5.84. The van der Waals surface area contributed by atoms with Crippen LogP contribution in [0.4, 0.5) is 5.69 Å². The summed E-state index contributed by atoms with van der Waals surface area (Å²) in [6.45, 7) is 0. The third-order valence-corrected chi connectivity index (χ3v) is 5.00. The van der Waals surface area contributed by atoms with Crippen LogP contribution in [0, 0.1) is 11.8 Å². The minimum atomic E-state index is 0.414. The summed E-state index contributed by atoms with van der Waals surface area (Å²) < 4.78 is 1.96. The molecule has 0 aliphatic heterocycles. The Kier molecular flexibility index (Phi) is 2.70. The molecule has 20 heavy (non-hydrogen) atoms. The van der Waals surface area contributed by atoms with Crippen LogP contribution in [-0.4, -0.2) is 20.2 Å². The van der Waals surface area contributed by atoms with Crippen LogP contribution < -0.4 is 5.73 Å². The van der Waals surface area contributed by atoms with Crippen LogP contribution in [0.3, 0.4) is 0 Å². The van der Waals surface area contributed by atoms with Gasteiger partial charge in [0.25, 0.3) is 0 Å². The number of fused-ring (bicyclic) bond motifs is 2. The molecule has 6 heteroatoms. The summed E-state index contributed by atoms with van der Waals surface area (Å²) >= 11 is 6.08. The molecule has 1 heterocycles. The fraction of sp³-hybridized carbons (Fsp3) is 0.500. The molecule has 2 N–H and O–H groups in total. The first-order chi connectivity index (χ1) is 9.72. The van der Waals surface area contributed by atoms with Crippen molar-refractivity contribution >= 4 is 17.3 Å². The normalized spacial score (nSPS) is 28.1. The average molecular weight is 290 g/mol. The van der Waals surface area contributed by atoms with Gasteiger partial charge in [-0.05, 0) is 59.7 Å². The Morgan fingerprint density at radius 3 is 2.90 bits per heavy atom. The van der Waals surface area contributed by atoms with Crippen molar-refractivity contribution in [2.24, 2.45) is 11.8 Å². The fourth-order valence-electron chi connectivity index (χ4n) is 3.83. The molecule has 2 aliphatic carbocycles. The fourth-order valence-corrected chi connectivity index (χ4v) is 4.00. The monoisotopic (exact) mass is 289 g/mol. The number of nitrogen functional groups attached to an aromatic ring is 1. The average Bonchev–Trinajstić information content (AvgIpc) is 3.15. The lowest BCUT2D eigenvalue weighted by Crippen LogP contribution is -2.18. The number of anilines is 1. The molecule has 0 saturated heterocycles. The second-order valence-electron chi connectivity index (χ2n) is 5.92. The van der Waals surface area contributed by atoms with Crippen LogP contribution in [-0.2, 0) is 0 Å². The first-order valence-corrected chi connectivity index (χ1v) is 7.43. The molecule has 2 saturated carbocycles. The molecule has 1 aromatic carbocycles. The molecule has 1 aromatic heterocycles. The van der Waals surface area contributed by atoms with Gasteiger partial charge in [0.1, 0.15) is 0 Å². The Hall–Kier alpha value is -1.62. The third-order valence-electron chi connectivity index (χ3n) is 4.76. The van der Waals surface area contributed by atoms with Crippen molar-refractivity contribution in [1.82, 2.24) is 20.2 Å². The predicted molar refractivity (Wildman–Crippen MR) is 77.2 cm³/mol. The molecule has 2 bridgehead atoms. The van der Waals surface area contributed by atoms with E-state index >= 15 is 0 Å². The van der Waals surface area contributed by atoms with Crippen LogP contribution >= 0.6 is 11.6 Å². The van der Waals surface area contributed by atoms with Gasteiger partial charge < -0.3 is 5.73 Å². The number of benzene rings is 1. The lowest BCUT2D eigenvalue weighted by molar-refractivity contribution is 0.304. The van der Waals surface area contributed by atoms with E-state index in [0.717, 1.165) is 17.3 Å². The molecule has 0 radical (unpaired) electrons. The van der Waals surface area contributed by atoms with Gasteiger partial charge in [-0.3, -0.25) is 0 Å². The second kappa shape index (κ2) is 4.45. The van der Waals surface area contributed by atoms with Crippen molar-refractivity contribution in [3.8, 4) is 11.4 Å². The Morgan fingerprint density at radius 1 is 1.25 bits per heavy atom. The van der Waals surface area contributed by atoms with Gasteiger partial charge >= 0.3 is 0 Å². The molecular weight excluding hydrogens is 274 g/mol. The quantitative estimate of drug-likeness (QED) is 0.863. The number of nitrogens with two attached hydrogens (primary N) is 1. The highest BCUT2D eigenvalue weighted by Gasteiger charge is 2.42. The minimum Gasteiger partial charge on any atom is -0.398 e. The number of tetrazole rings is 1. The van der Waals surface area contributed by atoms with E-state index < -0.39 is 0 Å². The van der Waals surface area contributed by atoms with Gasteiger partial charge in [-0.15, -0.1) is 5.10 Å². The number of hydrogen-bond donors (Lipinski definition) is 1. The van der Waals surface area contributed by atoms with E-state index in [4.69, 9.17) is 17.3 Å².